The lowest BCUT2D eigenvalue weighted by Crippen LogP contribution is -2.51. The van der Waals surface area contributed by atoms with Crippen molar-refractivity contribution in [2.45, 2.75) is 52.6 Å². The van der Waals surface area contributed by atoms with Crippen LogP contribution < -0.4 is 0 Å². The van der Waals surface area contributed by atoms with Gasteiger partial charge in [0, 0.05) is 13.7 Å². The van der Waals surface area contributed by atoms with Crippen LogP contribution in [0.25, 0.3) is 0 Å². The van der Waals surface area contributed by atoms with Crippen molar-refractivity contribution in [1.82, 2.24) is 9.80 Å². The van der Waals surface area contributed by atoms with Gasteiger partial charge in [0.15, 0.2) is 0 Å². The first-order valence-electron chi connectivity index (χ1n) is 11.5. The molecule has 0 aliphatic heterocycles. The van der Waals surface area contributed by atoms with Gasteiger partial charge in [-0.1, -0.05) is 36.9 Å². The van der Waals surface area contributed by atoms with Crippen molar-refractivity contribution >= 4 is 30.6 Å². The SMILES string of the molecule is C=C(S)N(CC(OC(=O)COC)c1ccccc1)C(=O)N(CC(=O)OC(C)(C)C)C(C)OCOCC. The minimum atomic E-state index is -0.863. The molecule has 0 N–H and O–H groups in total. The summed E-state index contributed by atoms with van der Waals surface area (Å²) in [6.45, 7) is 11.9. The van der Waals surface area contributed by atoms with E-state index in [0.717, 1.165) is 0 Å². The normalized spacial score (nSPS) is 12.9. The van der Waals surface area contributed by atoms with Crippen molar-refractivity contribution in [3.05, 3.63) is 47.5 Å². The maximum Gasteiger partial charge on any atom is 0.332 e. The number of amides is 2. The van der Waals surface area contributed by atoms with E-state index in [9.17, 15) is 14.4 Å². The summed E-state index contributed by atoms with van der Waals surface area (Å²) >= 11 is 4.30. The number of methoxy groups -OCH3 is 1. The molecule has 1 rings (SSSR count). The zero-order valence-electron chi connectivity index (χ0n) is 21.9. The zero-order chi connectivity index (χ0) is 27.3. The topological polar surface area (TPSA) is 104 Å². The molecule has 0 radical (unpaired) electrons. The summed E-state index contributed by atoms with van der Waals surface area (Å²) in [4.78, 5) is 40.9. The van der Waals surface area contributed by atoms with E-state index in [1.807, 2.05) is 6.07 Å². The highest BCUT2D eigenvalue weighted by Crippen LogP contribution is 2.24. The van der Waals surface area contributed by atoms with E-state index in [2.05, 4.69) is 19.2 Å². The van der Waals surface area contributed by atoms with E-state index in [-0.39, 0.29) is 25.0 Å². The fraction of sp³-hybridized carbons (Fsp3) is 0.560. The van der Waals surface area contributed by atoms with Gasteiger partial charge in [0.2, 0.25) is 0 Å². The number of hydrogen-bond donors (Lipinski definition) is 1. The van der Waals surface area contributed by atoms with Crippen LogP contribution in [0.15, 0.2) is 41.9 Å². The van der Waals surface area contributed by atoms with Crippen LogP contribution in [0, 0.1) is 0 Å². The zero-order valence-corrected chi connectivity index (χ0v) is 22.8. The van der Waals surface area contributed by atoms with Crippen molar-refractivity contribution in [3.8, 4) is 0 Å². The molecule has 10 nitrogen and oxygen atoms in total. The van der Waals surface area contributed by atoms with Crippen LogP contribution in [0.1, 0.15) is 46.3 Å². The number of nitrogens with zero attached hydrogens (tertiary/aromatic N) is 2. The fourth-order valence-corrected chi connectivity index (χ4v) is 3.16. The number of carbonyl (C=O) groups is 3. The largest absolute Gasteiger partial charge is 0.459 e. The predicted molar refractivity (Wildman–Crippen MR) is 137 cm³/mol. The summed E-state index contributed by atoms with van der Waals surface area (Å²) in [6, 6.07) is 8.27. The lowest BCUT2D eigenvalue weighted by atomic mass is 10.1. The molecule has 2 amide bonds. The summed E-state index contributed by atoms with van der Waals surface area (Å²) in [5, 5.41) is 0.0786. The number of ether oxygens (including phenoxy) is 5. The van der Waals surface area contributed by atoms with Crippen molar-refractivity contribution < 1.29 is 38.1 Å². The minimum absolute atomic E-state index is 0.0786. The maximum atomic E-state index is 13.7. The van der Waals surface area contributed by atoms with Gasteiger partial charge in [0.25, 0.3) is 0 Å². The third-order valence-electron chi connectivity index (χ3n) is 4.60. The molecule has 0 aliphatic rings. The Morgan fingerprint density at radius 2 is 1.75 bits per heavy atom. The Kier molecular flexibility index (Phi) is 13.5. The van der Waals surface area contributed by atoms with Crippen LogP contribution in [0.3, 0.4) is 0 Å². The molecule has 1 aromatic carbocycles. The molecule has 0 heterocycles. The van der Waals surface area contributed by atoms with Gasteiger partial charge in [-0.15, -0.1) is 12.6 Å². The Bertz CT molecular complexity index is 859. The Labute approximate surface area is 218 Å². The molecular weight excluding hydrogens is 488 g/mol. The highest BCUT2D eigenvalue weighted by molar-refractivity contribution is 7.84. The quantitative estimate of drug-likeness (QED) is 0.169. The number of urea groups is 1. The molecule has 0 fully saturated rings. The van der Waals surface area contributed by atoms with Gasteiger partial charge in [0.05, 0.1) is 11.6 Å². The summed E-state index contributed by atoms with van der Waals surface area (Å²) < 4.78 is 26.7. The van der Waals surface area contributed by atoms with E-state index in [1.165, 1.54) is 16.9 Å². The molecule has 202 valence electrons. The average molecular weight is 527 g/mol. The van der Waals surface area contributed by atoms with Crippen LogP contribution >= 0.6 is 12.6 Å². The minimum Gasteiger partial charge on any atom is -0.459 e. The van der Waals surface area contributed by atoms with Crippen molar-refractivity contribution in [2.75, 3.05) is 40.2 Å². The Morgan fingerprint density at radius 1 is 1.11 bits per heavy atom. The molecule has 2 unspecified atom stereocenters. The highest BCUT2D eigenvalue weighted by atomic mass is 32.1. The van der Waals surface area contributed by atoms with Crippen LogP contribution in [-0.4, -0.2) is 79.8 Å². The van der Waals surface area contributed by atoms with E-state index < -0.39 is 42.4 Å². The number of carbonyl (C=O) groups excluding carboxylic acids is 3. The van der Waals surface area contributed by atoms with Crippen LogP contribution in [0.4, 0.5) is 4.79 Å². The van der Waals surface area contributed by atoms with Gasteiger partial charge in [0.1, 0.15) is 37.9 Å². The molecule has 1 aromatic rings. The molecule has 0 bridgehead atoms. The molecule has 2 atom stereocenters. The summed E-state index contributed by atoms with van der Waals surface area (Å²) in [5.41, 5.74) is -0.101. The molecule has 0 aromatic heterocycles. The summed E-state index contributed by atoms with van der Waals surface area (Å²) in [6.07, 6.45) is -1.72. The number of hydrogen-bond acceptors (Lipinski definition) is 9. The number of rotatable bonds is 14. The second-order valence-electron chi connectivity index (χ2n) is 8.72. The Hall–Kier alpha value is -2.60. The van der Waals surface area contributed by atoms with Crippen LogP contribution in [-0.2, 0) is 33.3 Å². The van der Waals surface area contributed by atoms with E-state index in [1.54, 1.807) is 58.9 Å². The van der Waals surface area contributed by atoms with Gasteiger partial charge >= 0.3 is 18.0 Å². The van der Waals surface area contributed by atoms with Gasteiger partial charge in [-0.2, -0.15) is 0 Å². The molecule has 0 spiro atoms. The molecule has 0 saturated heterocycles. The van der Waals surface area contributed by atoms with Gasteiger partial charge in [-0.3, -0.25) is 14.6 Å². The van der Waals surface area contributed by atoms with E-state index in [0.29, 0.717) is 12.2 Å². The van der Waals surface area contributed by atoms with E-state index in [4.69, 9.17) is 23.7 Å². The van der Waals surface area contributed by atoms with Gasteiger partial charge in [-0.05, 0) is 40.2 Å². The molecule has 0 aliphatic carbocycles. The molecular formula is C25H38N2O8S. The fourth-order valence-electron chi connectivity index (χ4n) is 2.99. The van der Waals surface area contributed by atoms with Gasteiger partial charge < -0.3 is 23.7 Å². The third-order valence-corrected chi connectivity index (χ3v) is 4.84. The Morgan fingerprint density at radius 3 is 2.28 bits per heavy atom. The first-order chi connectivity index (χ1) is 16.9. The van der Waals surface area contributed by atoms with Crippen molar-refractivity contribution in [1.29, 1.82) is 0 Å². The lowest BCUT2D eigenvalue weighted by molar-refractivity contribution is -0.162. The summed E-state index contributed by atoms with van der Waals surface area (Å²) in [7, 11) is 1.38. The Balaban J connectivity index is 3.25. The predicted octanol–water partition coefficient (Wildman–Crippen LogP) is 3.74. The first kappa shape index (κ1) is 31.4. The van der Waals surface area contributed by atoms with Crippen LogP contribution in [0.5, 0.6) is 0 Å². The second-order valence-corrected chi connectivity index (χ2v) is 9.24. The standard InChI is InChI=1S/C25H38N2O8S/c1-8-32-17-33-18(2)26(15-22(28)35-25(4,5)6)24(30)27(19(3)36)14-21(34-23(29)16-31-7)20-12-10-9-11-13-20/h9-13,18,21,36H,3,8,14-17H2,1-2,4-7H3. The third kappa shape index (κ3) is 11.4. The summed E-state index contributed by atoms with van der Waals surface area (Å²) in [5.74, 6) is -1.24. The molecule has 0 saturated carbocycles. The van der Waals surface area contributed by atoms with Gasteiger partial charge in [-0.25, -0.2) is 9.59 Å². The van der Waals surface area contributed by atoms with E-state index >= 15 is 0 Å². The first-order valence-corrected chi connectivity index (χ1v) is 11.9. The average Bonchev–Trinajstić information content (AvgIpc) is 2.79. The van der Waals surface area contributed by atoms with Crippen LogP contribution in [0.2, 0.25) is 0 Å². The van der Waals surface area contributed by atoms with Crippen molar-refractivity contribution in [3.63, 3.8) is 0 Å². The van der Waals surface area contributed by atoms with Crippen molar-refractivity contribution in [2.24, 2.45) is 0 Å². The maximum absolute atomic E-state index is 13.7. The molecule has 36 heavy (non-hydrogen) atoms. The molecule has 11 heteroatoms. The number of esters is 2. The second kappa shape index (κ2) is 15.5. The highest BCUT2D eigenvalue weighted by Gasteiger charge is 2.33. The smallest absolute Gasteiger partial charge is 0.332 e. The lowest BCUT2D eigenvalue weighted by Gasteiger charge is -2.35. The number of thiol groups is 1. The number of benzene rings is 1. The monoisotopic (exact) mass is 526 g/mol.